The fourth-order valence-corrected chi connectivity index (χ4v) is 0.874. The van der Waals surface area contributed by atoms with E-state index in [0.717, 1.165) is 5.56 Å². The highest BCUT2D eigenvalue weighted by Gasteiger charge is 1.91. The van der Waals surface area contributed by atoms with E-state index in [1.54, 1.807) is 6.07 Å². The van der Waals surface area contributed by atoms with Crippen molar-refractivity contribution in [3.63, 3.8) is 0 Å². The molecule has 0 spiro atoms. The summed E-state index contributed by atoms with van der Waals surface area (Å²) in [6.07, 6.45) is 1.45. The minimum absolute atomic E-state index is 0.424. The third-order valence-electron chi connectivity index (χ3n) is 0.945. The largest absolute Gasteiger partial charge is 0.228 e. The second kappa shape index (κ2) is 2.92. The Balaban J connectivity index is 2.94. The zero-order chi connectivity index (χ0) is 6.69. The maximum absolute atomic E-state index is 12.2. The lowest BCUT2D eigenvalue weighted by Gasteiger charge is -1.90. The molecule has 0 bridgehead atoms. The molecule has 0 amide bonds. The Labute approximate surface area is 61.0 Å². The predicted molar refractivity (Wildman–Crippen MR) is 36.8 cm³/mol. The molecular weight excluding hydrogens is 185 g/mol. The number of hydrogen-bond donors (Lipinski definition) is 0. The van der Waals surface area contributed by atoms with Gasteiger partial charge < -0.3 is 0 Å². The molecule has 0 N–H and O–H groups in total. The van der Waals surface area contributed by atoms with Crippen LogP contribution in [0.25, 0.3) is 0 Å². The van der Waals surface area contributed by atoms with Crippen molar-refractivity contribution in [2.75, 3.05) is 0 Å². The number of hydrogen-bond acceptors (Lipinski definition) is 1. The fourth-order valence-electron chi connectivity index (χ4n) is 0.526. The minimum atomic E-state index is -0.424. The maximum Gasteiger partial charge on any atom is 0.213 e. The van der Waals surface area contributed by atoms with Gasteiger partial charge in [0.15, 0.2) is 0 Å². The van der Waals surface area contributed by atoms with Gasteiger partial charge in [-0.15, -0.1) is 0 Å². The van der Waals surface area contributed by atoms with Gasteiger partial charge in [-0.25, -0.2) is 4.98 Å². The van der Waals surface area contributed by atoms with E-state index < -0.39 is 5.95 Å². The highest BCUT2D eigenvalue weighted by Crippen LogP contribution is 2.04. The molecule has 1 aromatic rings. The second-order valence-corrected chi connectivity index (χ2v) is 2.18. The third-order valence-corrected chi connectivity index (χ3v) is 1.59. The van der Waals surface area contributed by atoms with Crippen molar-refractivity contribution in [2.45, 2.75) is 5.33 Å². The lowest BCUT2D eigenvalue weighted by molar-refractivity contribution is 0.582. The van der Waals surface area contributed by atoms with Crippen LogP contribution in [0.1, 0.15) is 5.56 Å². The molecule has 1 heterocycles. The van der Waals surface area contributed by atoms with E-state index in [1.165, 1.54) is 12.3 Å². The van der Waals surface area contributed by atoms with Crippen molar-refractivity contribution in [1.29, 1.82) is 0 Å². The van der Waals surface area contributed by atoms with Crippen LogP contribution in [0, 0.1) is 5.95 Å². The van der Waals surface area contributed by atoms with Gasteiger partial charge in [-0.3, -0.25) is 0 Å². The Morgan fingerprint density at radius 1 is 1.67 bits per heavy atom. The normalized spacial score (nSPS) is 9.56. The molecule has 48 valence electrons. The molecule has 0 aromatic carbocycles. The van der Waals surface area contributed by atoms with Gasteiger partial charge in [0, 0.05) is 11.5 Å². The van der Waals surface area contributed by atoms with Gasteiger partial charge in [0.2, 0.25) is 5.95 Å². The number of rotatable bonds is 1. The molecule has 1 nitrogen and oxygen atoms in total. The van der Waals surface area contributed by atoms with Crippen molar-refractivity contribution >= 4 is 15.9 Å². The first kappa shape index (κ1) is 6.68. The molecule has 1 rings (SSSR count). The molecule has 0 radical (unpaired) electrons. The fraction of sp³-hybridized carbons (Fsp3) is 0.167. The molecule has 0 saturated carbocycles. The van der Waals surface area contributed by atoms with Crippen molar-refractivity contribution < 1.29 is 4.39 Å². The summed E-state index contributed by atoms with van der Waals surface area (Å²) in [6, 6.07) is 3.16. The Hall–Kier alpha value is -0.440. The standard InChI is InChI=1S/C6H5BrFN/c7-4-5-1-2-9-6(8)3-5/h1-3H,4H2. The van der Waals surface area contributed by atoms with E-state index in [2.05, 4.69) is 20.9 Å². The monoisotopic (exact) mass is 189 g/mol. The number of pyridine rings is 1. The van der Waals surface area contributed by atoms with Gasteiger partial charge in [0.1, 0.15) is 0 Å². The van der Waals surface area contributed by atoms with Crippen molar-refractivity contribution in [3.05, 3.63) is 29.8 Å². The molecular formula is C6H5BrFN. The zero-order valence-corrected chi connectivity index (χ0v) is 6.23. The molecule has 0 aliphatic heterocycles. The molecule has 9 heavy (non-hydrogen) atoms. The Morgan fingerprint density at radius 3 is 2.89 bits per heavy atom. The number of aromatic nitrogens is 1. The third kappa shape index (κ3) is 1.75. The highest BCUT2D eigenvalue weighted by atomic mass is 79.9. The Bertz CT molecular complexity index is 202. The Morgan fingerprint density at radius 2 is 2.44 bits per heavy atom. The average Bonchev–Trinajstić information content (AvgIpc) is 1.88. The van der Waals surface area contributed by atoms with E-state index in [1.807, 2.05) is 0 Å². The Kier molecular flexibility index (Phi) is 2.16. The summed E-state index contributed by atoms with van der Waals surface area (Å²) >= 11 is 3.20. The van der Waals surface area contributed by atoms with Gasteiger partial charge in [0.05, 0.1) is 0 Å². The van der Waals surface area contributed by atoms with Crippen molar-refractivity contribution in [2.24, 2.45) is 0 Å². The summed E-state index contributed by atoms with van der Waals surface area (Å²) in [5.74, 6) is -0.424. The van der Waals surface area contributed by atoms with E-state index >= 15 is 0 Å². The summed E-state index contributed by atoms with van der Waals surface area (Å²) in [6.45, 7) is 0. The lowest BCUT2D eigenvalue weighted by Crippen LogP contribution is -1.83. The summed E-state index contributed by atoms with van der Waals surface area (Å²) in [5, 5.41) is 0.673. The second-order valence-electron chi connectivity index (χ2n) is 1.62. The summed E-state index contributed by atoms with van der Waals surface area (Å²) in [4.78, 5) is 3.40. The molecule has 0 atom stereocenters. The van der Waals surface area contributed by atoms with E-state index in [9.17, 15) is 4.39 Å². The average molecular weight is 190 g/mol. The topological polar surface area (TPSA) is 12.9 Å². The number of alkyl halides is 1. The van der Waals surface area contributed by atoms with Crippen LogP contribution in [0.2, 0.25) is 0 Å². The number of nitrogens with zero attached hydrogens (tertiary/aromatic N) is 1. The predicted octanol–water partition coefficient (Wildman–Crippen LogP) is 2.12. The first-order valence-corrected chi connectivity index (χ1v) is 3.61. The van der Waals surface area contributed by atoms with Crippen molar-refractivity contribution in [1.82, 2.24) is 4.98 Å². The SMILES string of the molecule is Fc1cc(CBr)ccn1. The van der Waals surface area contributed by atoms with Crippen LogP contribution in [0.15, 0.2) is 18.3 Å². The van der Waals surface area contributed by atoms with Gasteiger partial charge in [-0.2, -0.15) is 4.39 Å². The smallest absolute Gasteiger partial charge is 0.213 e. The van der Waals surface area contributed by atoms with Crippen LogP contribution in [0.3, 0.4) is 0 Å². The van der Waals surface area contributed by atoms with E-state index in [4.69, 9.17) is 0 Å². The van der Waals surface area contributed by atoms with Gasteiger partial charge in [-0.05, 0) is 17.7 Å². The zero-order valence-electron chi connectivity index (χ0n) is 4.64. The summed E-state index contributed by atoms with van der Waals surface area (Å²) in [7, 11) is 0. The first-order valence-electron chi connectivity index (χ1n) is 2.49. The van der Waals surface area contributed by atoms with Crippen molar-refractivity contribution in [3.8, 4) is 0 Å². The maximum atomic E-state index is 12.2. The van der Waals surface area contributed by atoms with Gasteiger partial charge >= 0.3 is 0 Å². The molecule has 0 fully saturated rings. The number of halogens is 2. The molecule has 0 aliphatic rings. The van der Waals surface area contributed by atoms with Crippen LogP contribution in [-0.4, -0.2) is 4.98 Å². The van der Waals surface area contributed by atoms with Crippen LogP contribution < -0.4 is 0 Å². The molecule has 0 aliphatic carbocycles. The molecule has 3 heteroatoms. The molecule has 0 saturated heterocycles. The first-order chi connectivity index (χ1) is 4.33. The summed E-state index contributed by atoms with van der Waals surface area (Å²) < 4.78 is 12.2. The van der Waals surface area contributed by atoms with E-state index in [0.29, 0.717) is 5.33 Å². The molecule has 1 aromatic heterocycles. The van der Waals surface area contributed by atoms with E-state index in [-0.39, 0.29) is 0 Å². The van der Waals surface area contributed by atoms with Crippen LogP contribution in [0.5, 0.6) is 0 Å². The van der Waals surface area contributed by atoms with Crippen LogP contribution >= 0.6 is 15.9 Å². The summed E-state index contributed by atoms with van der Waals surface area (Å²) in [5.41, 5.74) is 0.905. The highest BCUT2D eigenvalue weighted by molar-refractivity contribution is 9.08. The van der Waals surface area contributed by atoms with Gasteiger partial charge in [0.25, 0.3) is 0 Å². The molecule has 0 unspecified atom stereocenters. The lowest BCUT2D eigenvalue weighted by atomic mass is 10.3. The van der Waals surface area contributed by atoms with Gasteiger partial charge in [-0.1, -0.05) is 15.9 Å². The minimum Gasteiger partial charge on any atom is -0.228 e. The quantitative estimate of drug-likeness (QED) is 0.488. The van der Waals surface area contributed by atoms with Crippen LogP contribution in [-0.2, 0) is 5.33 Å². The van der Waals surface area contributed by atoms with Crippen LogP contribution in [0.4, 0.5) is 4.39 Å².